The number of halogens is 6. The zero-order valence-corrected chi connectivity index (χ0v) is 90.7. The third-order valence-electron chi connectivity index (χ3n) is 13.2. The fraction of sp³-hybridized carbons (Fsp3) is 0.610. The van der Waals surface area contributed by atoms with E-state index < -0.39 is 37.2 Å². The number of benzene rings is 2. The van der Waals surface area contributed by atoms with Gasteiger partial charge in [-0.05, 0) is 111 Å². The smallest absolute Gasteiger partial charge is 0 e. The number of aldehydes is 1. The van der Waals surface area contributed by atoms with Gasteiger partial charge in [0.05, 0.1) is 30.0 Å². The predicted molar refractivity (Wildman–Crippen MR) is 356 cm³/mol. The molecule has 2 saturated carbocycles. The molecule has 2 aromatic rings. The van der Waals surface area contributed by atoms with Gasteiger partial charge in [-0.1, -0.05) is 197 Å². The van der Waals surface area contributed by atoms with Gasteiger partial charge in [-0.3, -0.25) is 0 Å². The van der Waals surface area contributed by atoms with Gasteiger partial charge < -0.3 is 34.9 Å². The van der Waals surface area contributed by atoms with Gasteiger partial charge >= 0.3 is 50.5 Å². The summed E-state index contributed by atoms with van der Waals surface area (Å²) in [5, 5.41) is 51.1. The Kier molecular flexibility index (Phi) is 93.6. The van der Waals surface area contributed by atoms with Gasteiger partial charge in [-0.15, -0.1) is 24.0 Å². The van der Waals surface area contributed by atoms with E-state index in [2.05, 4.69) is 168 Å². The number of rotatable bonds is 20. The number of carbonyl (C=O) groups excluding carboxylic acids is 1. The molecule has 0 aromatic heterocycles. The second-order valence-corrected chi connectivity index (χ2v) is 42.6. The number of carbonyl (C=O) groups is 1. The molecule has 0 saturated heterocycles. The van der Waals surface area contributed by atoms with Crippen LogP contribution in [-0.2, 0) is 304 Å². The van der Waals surface area contributed by atoms with Crippen molar-refractivity contribution in [2.24, 2.45) is 28.1 Å². The van der Waals surface area contributed by atoms with E-state index in [4.69, 9.17) is 0 Å². The molecule has 0 bridgehead atoms. The molecule has 0 aliphatic heterocycles. The third kappa shape index (κ3) is 57.9. The zero-order chi connectivity index (χ0) is 55.3. The Labute approximate surface area is 797 Å². The van der Waals surface area contributed by atoms with E-state index in [1.165, 1.54) is 25.7 Å². The maximum atomic E-state index is 13.9. The van der Waals surface area contributed by atoms with E-state index in [1.807, 2.05) is 80.6 Å². The Morgan fingerprint density at radius 3 is 1.27 bits per heavy atom. The molecule has 0 heterocycles. The monoisotopic (exact) mass is 2510 g/mol. The first kappa shape index (κ1) is 117. The molecule has 2 unspecified atom stereocenters. The Morgan fingerprint density at radius 1 is 0.610 bits per heavy atom. The van der Waals surface area contributed by atoms with Crippen molar-refractivity contribution < 1.29 is 343 Å². The summed E-state index contributed by atoms with van der Waals surface area (Å²) in [7, 11) is -2.81. The van der Waals surface area contributed by atoms with Gasteiger partial charge in [0.1, 0.15) is 13.4 Å². The van der Waals surface area contributed by atoms with Crippen LogP contribution in [-0.4, -0.2) is 68.0 Å². The number of aliphatic hydroxyl groups excluding tert-OH is 4. The van der Waals surface area contributed by atoms with Gasteiger partial charge in [0.15, 0.2) is 0 Å². The minimum Gasteiger partial charge on any atom is 0 e. The van der Waals surface area contributed by atoms with E-state index in [0.29, 0.717) is 79.4 Å². The molecule has 6 atom stereocenters. The molecule has 82 heavy (non-hydrogen) atoms. The van der Waals surface area contributed by atoms with Gasteiger partial charge in [-0.2, -0.15) is 0 Å². The van der Waals surface area contributed by atoms with Crippen LogP contribution in [0.25, 0.3) is 0 Å². The van der Waals surface area contributed by atoms with Crippen LogP contribution in [0.4, 0.5) is 0 Å². The number of aliphatic hydroxyl groups is 5. The van der Waals surface area contributed by atoms with Crippen molar-refractivity contribution in [1.29, 1.82) is 0 Å². The van der Waals surface area contributed by atoms with Crippen LogP contribution in [0.3, 0.4) is 0 Å². The largest absolute Gasteiger partial charge is 0 e. The minimum absolute atomic E-state index is 0. The van der Waals surface area contributed by atoms with Gasteiger partial charge in [0.2, 0.25) is 0 Å². The average Bonchev–Trinajstić information content (AvgIpc) is 3.28. The van der Waals surface area contributed by atoms with E-state index in [0.717, 1.165) is 66.1 Å². The van der Waals surface area contributed by atoms with E-state index >= 15 is 0 Å². The molecule has 2 aliphatic rings. The molecule has 5 N–H and O–H groups in total. The summed E-state index contributed by atoms with van der Waals surface area (Å²) in [5.41, 5.74) is 3.36. The average molecular weight is 2510 g/mol. The van der Waals surface area contributed by atoms with Crippen molar-refractivity contribution in [1.82, 2.24) is 0 Å². The quantitative estimate of drug-likeness (QED) is 0.0386. The molecular formula is C59H94I6O7PY9-. The fourth-order valence-electron chi connectivity index (χ4n) is 9.32. The predicted octanol–water partition coefficient (Wildman–Crippen LogP) is 13.9. The van der Waals surface area contributed by atoms with Crippen molar-refractivity contribution in [3.63, 3.8) is 0 Å². The molecule has 2 aliphatic carbocycles. The Hall–Kier alpha value is 11.2. The van der Waals surface area contributed by atoms with Crippen molar-refractivity contribution in [2.75, 3.05) is 6.16 Å². The first-order valence-electron chi connectivity index (χ1n) is 25.5. The first-order valence-corrected chi connectivity index (χ1v) is 46.2. The molecule has 447 valence electrons. The van der Waals surface area contributed by atoms with Crippen molar-refractivity contribution in [3.8, 4) is 0 Å². The maximum Gasteiger partial charge on any atom is 0 e. The SMILES string of the molecule is C=C1[C@H](O)CC(=CC=CCC(C)(C)CC(C)CCCC(C)(C)C)C[C@H]1O.C=C1[C@H](O)CC(=CCP(=O)(c2ccccc2)c2ccccc2)C[C@H]1O.CC(CCCC(C)(C)O)CC(C)(C)CC=O.I.II.I[I-]I.[Y].[Y].[Y].[Y].[Y].[Y].[Y].[Y].[Y]. The fourth-order valence-corrected chi connectivity index (χ4v) is 11.9. The van der Waals surface area contributed by atoms with Gasteiger partial charge in [0.25, 0.3) is 0 Å². The topological polar surface area (TPSA) is 135 Å². The molecule has 0 spiro atoms. The molecular weight excluding hydrogens is 2410 g/mol. The summed E-state index contributed by atoms with van der Waals surface area (Å²) in [4.78, 5) is 10.5. The minimum atomic E-state index is -2.81. The molecule has 0 amide bonds. The van der Waals surface area contributed by atoms with Crippen molar-refractivity contribution in [2.45, 2.75) is 196 Å². The number of hydrogen-bond acceptors (Lipinski definition) is 7. The molecule has 7 nitrogen and oxygen atoms in total. The third-order valence-corrected chi connectivity index (χ3v) is 16.2. The van der Waals surface area contributed by atoms with Crippen molar-refractivity contribution in [3.05, 3.63) is 120 Å². The molecule has 2 fully saturated rings. The maximum absolute atomic E-state index is 13.9. The summed E-state index contributed by atoms with van der Waals surface area (Å²) >= 11 is 9.54. The van der Waals surface area contributed by atoms with Crippen LogP contribution in [0.2, 0.25) is 0 Å². The molecule has 9 radical (unpaired) electrons. The summed E-state index contributed by atoms with van der Waals surface area (Å²) < 4.78 is 13.9. The van der Waals surface area contributed by atoms with Crippen LogP contribution < -0.4 is 23.9 Å². The van der Waals surface area contributed by atoms with Crippen LogP contribution in [0.15, 0.2) is 120 Å². The molecule has 2 aromatic carbocycles. The number of hydrogen-bond donors (Lipinski definition) is 5. The molecule has 4 rings (SSSR count). The summed E-state index contributed by atoms with van der Waals surface area (Å²) in [6.45, 7) is 31.8. The van der Waals surface area contributed by atoms with E-state index in [9.17, 15) is 34.9 Å². The van der Waals surface area contributed by atoms with E-state index in [1.54, 1.807) is 0 Å². The Balaban J connectivity index is -0.0000000949. The molecule has 23 heteroatoms. The van der Waals surface area contributed by atoms with Crippen LogP contribution in [0, 0.1) is 28.1 Å². The van der Waals surface area contributed by atoms with Crippen LogP contribution in [0.5, 0.6) is 0 Å². The van der Waals surface area contributed by atoms with Crippen LogP contribution >= 0.6 is 106 Å². The summed E-state index contributed by atoms with van der Waals surface area (Å²) in [5.74, 6) is 1.38. The standard InChI is InChI=1S/C24H42O2.C21H23O3P.C14H28O2.I3.I2.HI.9Y/c1-18(11-10-13-23(3,4)5)17-24(6,7)14-9-8-12-20-15-21(25)19(2)22(26)16-20;1-16-20(22)14-17(15-21(16)23)12-13-25(24,18-8-4-2-5-9-18)19-10-6-3-7-11-19;1-12(7-6-8-14(4,5)16)11-13(2,3)9-10-15;1-3-2;1-2;;;;;;;;;;/h8-9,12,18,21-22,25-26H,2,10-11,13-17H2,1,3-7H3;2-12,20-23H,1,13-15H2;10,12,16H,6-9,11H2,1-5H3;;;1H;;;;;;;;;/q;;;-1;;;;;;;;;;;/t18?,21-,22-;20-,21-;;;;;;;;;;;;;/m11............./s1. The van der Waals surface area contributed by atoms with Gasteiger partial charge in [-0.25, -0.2) is 0 Å². The number of allylic oxidation sites excluding steroid dienone is 4. The second-order valence-electron chi connectivity index (χ2n) is 23.5. The Morgan fingerprint density at radius 2 is 0.939 bits per heavy atom. The van der Waals surface area contributed by atoms with Gasteiger partial charge in [0, 0.05) is 355 Å². The normalized spacial score (nSPS) is 17.2. The van der Waals surface area contributed by atoms with E-state index in [-0.39, 0.29) is 324 Å². The summed E-state index contributed by atoms with van der Waals surface area (Å²) in [6, 6.07) is 19.0. The second kappa shape index (κ2) is 65.5. The zero-order valence-electron chi connectivity index (χ0n) is 51.1. The summed E-state index contributed by atoms with van der Waals surface area (Å²) in [6.07, 6.45) is 20.1. The first-order chi connectivity index (χ1) is 33.5. The Bertz CT molecular complexity index is 1940. The van der Waals surface area contributed by atoms with Crippen LogP contribution in [0.1, 0.15) is 166 Å². The van der Waals surface area contributed by atoms with Crippen molar-refractivity contribution >= 4 is 122 Å².